The molecule has 0 aliphatic carbocycles. The van der Waals surface area contributed by atoms with Gasteiger partial charge in [-0.05, 0) is 0 Å². The van der Waals surface area contributed by atoms with Crippen LogP contribution in [0.5, 0.6) is 0 Å². The number of hydrogen-bond acceptors (Lipinski definition) is 8. The Labute approximate surface area is 243 Å². The van der Waals surface area contributed by atoms with Crippen LogP contribution in [-0.2, 0) is 0 Å². The van der Waals surface area contributed by atoms with Crippen LogP contribution < -0.4 is 21.3 Å². The van der Waals surface area contributed by atoms with E-state index in [1.54, 1.807) is 6.33 Å². The quantitative estimate of drug-likeness (QED) is 0.190. The molecule has 6 aliphatic heterocycles. The van der Waals surface area contributed by atoms with Crippen LogP contribution in [0.25, 0.3) is 0 Å². The van der Waals surface area contributed by atoms with Crippen molar-refractivity contribution in [1.82, 2.24) is 31.2 Å². The van der Waals surface area contributed by atoms with Crippen LogP contribution in [0.1, 0.15) is 23.5 Å². The molecule has 6 fully saturated rings. The first-order valence-corrected chi connectivity index (χ1v) is 16.2. The van der Waals surface area contributed by atoms with Crippen molar-refractivity contribution in [2.45, 2.75) is 12.1 Å². The van der Waals surface area contributed by atoms with E-state index in [0.29, 0.717) is 11.4 Å². The lowest BCUT2D eigenvalue weighted by Crippen LogP contribution is -2.73. The summed E-state index contributed by atoms with van der Waals surface area (Å²) in [6.45, 7) is 23.6. The maximum atomic E-state index is 13.0. The highest BCUT2D eigenvalue weighted by atomic mass is 16.6. The summed E-state index contributed by atoms with van der Waals surface area (Å²) in [6.07, 6.45) is 1.65. The Bertz CT molecular complexity index is 1020. The molecular weight excluding hydrogens is 522 g/mol. The van der Waals surface area contributed by atoms with Crippen molar-refractivity contribution in [1.29, 1.82) is 0 Å². The maximum absolute atomic E-state index is 13.0. The fourth-order valence-electron chi connectivity index (χ4n) is 9.37. The summed E-state index contributed by atoms with van der Waals surface area (Å²) in [5.74, 6) is 0. The highest BCUT2D eigenvalue weighted by molar-refractivity contribution is 5.43. The minimum atomic E-state index is -0.135. The summed E-state index contributed by atoms with van der Waals surface area (Å²) in [7, 11) is 0. The molecule has 0 aromatic carbocycles. The van der Waals surface area contributed by atoms with Gasteiger partial charge in [0.15, 0.2) is 23.5 Å². The Morgan fingerprint density at radius 3 is 1.37 bits per heavy atom. The van der Waals surface area contributed by atoms with E-state index >= 15 is 0 Å². The van der Waals surface area contributed by atoms with E-state index in [2.05, 4.69) is 21.3 Å². The molecule has 6 aliphatic rings. The summed E-state index contributed by atoms with van der Waals surface area (Å²) in [6, 6.07) is -0.00890. The van der Waals surface area contributed by atoms with Crippen LogP contribution in [0.4, 0.5) is 5.69 Å². The van der Waals surface area contributed by atoms with Gasteiger partial charge in [0, 0.05) is 39.3 Å². The summed E-state index contributed by atoms with van der Waals surface area (Å²) in [5.41, 5.74) is 1.55. The SMILES string of the molecule is O=[N+]([O-])c1c(C2CNCC[N+]23CC[N+]2(CCNCC2)CC3)ncnc1C1CNCC[N+]12CC[N+]1(CCNCC1)CC2. The molecule has 2 unspecified atom stereocenters. The molecule has 4 N–H and O–H groups in total. The fraction of sp³-hybridized carbons (Fsp3) is 0.857. The van der Waals surface area contributed by atoms with Crippen molar-refractivity contribution in [3.8, 4) is 0 Å². The molecule has 6 saturated heterocycles. The lowest BCUT2D eigenvalue weighted by atomic mass is 9.95. The fourth-order valence-corrected chi connectivity index (χ4v) is 9.37. The van der Waals surface area contributed by atoms with Gasteiger partial charge >= 0.3 is 5.69 Å². The van der Waals surface area contributed by atoms with E-state index in [-0.39, 0.29) is 22.7 Å². The number of rotatable bonds is 3. The normalized spacial score (nSPS) is 32.3. The van der Waals surface area contributed by atoms with Gasteiger partial charge in [-0.1, -0.05) is 0 Å². The average molecular weight is 574 g/mol. The van der Waals surface area contributed by atoms with Crippen LogP contribution >= 0.6 is 0 Å². The van der Waals surface area contributed by atoms with E-state index in [1.807, 2.05) is 0 Å². The summed E-state index contributed by atoms with van der Waals surface area (Å²) in [5, 5.41) is 27.2. The Balaban J connectivity index is 1.20. The van der Waals surface area contributed by atoms with Crippen LogP contribution in [-0.4, -0.2) is 177 Å². The Morgan fingerprint density at radius 1 is 0.585 bits per heavy atom. The molecule has 0 radical (unpaired) electrons. The van der Waals surface area contributed by atoms with Crippen molar-refractivity contribution in [2.75, 3.05) is 144 Å². The van der Waals surface area contributed by atoms with Gasteiger partial charge in [0.2, 0.25) is 0 Å². The smallest absolute Gasteiger partial charge is 0.312 e. The molecule has 0 saturated carbocycles. The molecule has 1 aromatic heterocycles. The second-order valence-electron chi connectivity index (χ2n) is 13.9. The molecule has 13 heteroatoms. The molecule has 0 amide bonds. The van der Waals surface area contributed by atoms with Crippen molar-refractivity contribution < 1.29 is 22.9 Å². The maximum Gasteiger partial charge on any atom is 0.324 e. The van der Waals surface area contributed by atoms with E-state index in [0.717, 1.165) is 127 Å². The van der Waals surface area contributed by atoms with Gasteiger partial charge < -0.3 is 39.2 Å². The molecule has 226 valence electrons. The topological polar surface area (TPSA) is 117 Å². The first-order chi connectivity index (χ1) is 20.0. The van der Waals surface area contributed by atoms with Crippen molar-refractivity contribution in [2.24, 2.45) is 0 Å². The second kappa shape index (κ2) is 11.0. The van der Waals surface area contributed by atoms with Crippen LogP contribution in [0.15, 0.2) is 6.33 Å². The molecule has 7 heterocycles. The third kappa shape index (κ3) is 4.97. The number of nitrogens with zero attached hydrogens (tertiary/aromatic N) is 7. The second-order valence-corrected chi connectivity index (χ2v) is 13.9. The zero-order valence-electron chi connectivity index (χ0n) is 24.7. The lowest BCUT2D eigenvalue weighted by Gasteiger charge is -2.55. The molecular formula is C28H51N11O2+4. The van der Waals surface area contributed by atoms with Crippen molar-refractivity contribution >= 4 is 5.69 Å². The van der Waals surface area contributed by atoms with E-state index < -0.39 is 0 Å². The largest absolute Gasteiger partial charge is 0.324 e. The number of aromatic nitrogens is 2. The van der Waals surface area contributed by atoms with Gasteiger partial charge in [-0.3, -0.25) is 10.1 Å². The number of piperazine rings is 6. The molecule has 1 aromatic rings. The zero-order valence-corrected chi connectivity index (χ0v) is 24.7. The summed E-state index contributed by atoms with van der Waals surface area (Å²) >= 11 is 0. The first kappa shape index (κ1) is 28.0. The molecule has 7 rings (SSSR count). The number of nitrogens with one attached hydrogen (secondary N) is 4. The Kier molecular flexibility index (Phi) is 7.51. The average Bonchev–Trinajstić information content (AvgIpc) is 3.02. The minimum Gasteiger partial charge on any atom is -0.312 e. The van der Waals surface area contributed by atoms with Crippen LogP contribution in [0.3, 0.4) is 0 Å². The third-order valence-electron chi connectivity index (χ3n) is 12.3. The van der Waals surface area contributed by atoms with Gasteiger partial charge in [0.05, 0.1) is 57.3 Å². The van der Waals surface area contributed by atoms with Crippen molar-refractivity contribution in [3.05, 3.63) is 27.8 Å². The van der Waals surface area contributed by atoms with Gasteiger partial charge in [-0.15, -0.1) is 0 Å². The van der Waals surface area contributed by atoms with Crippen molar-refractivity contribution in [3.63, 3.8) is 0 Å². The monoisotopic (exact) mass is 573 g/mol. The molecule has 2 atom stereocenters. The van der Waals surface area contributed by atoms with E-state index in [1.165, 1.54) is 35.1 Å². The molecule has 4 spiro atoms. The first-order valence-electron chi connectivity index (χ1n) is 16.2. The standard InChI is InChI=1S/C28H51N11O2/c40-35(41)28-26(24-21-31-5-11-38(24)17-13-36(14-18-38)7-1-29-2-8-36)33-23-34-27(28)25-22-32-6-12-39(25)19-15-37(16-20-39)9-3-30-4-10-37/h23-25,29-32H,1-22H2/q+4. The van der Waals surface area contributed by atoms with Gasteiger partial charge in [-0.2, -0.15) is 0 Å². The summed E-state index contributed by atoms with van der Waals surface area (Å²) < 4.78 is 4.26. The number of nitro groups is 1. The lowest BCUT2D eigenvalue weighted by molar-refractivity contribution is -1.05. The van der Waals surface area contributed by atoms with Crippen LogP contribution in [0, 0.1) is 10.1 Å². The minimum absolute atomic E-state index is 0.00445. The zero-order chi connectivity index (χ0) is 28.0. The predicted molar refractivity (Wildman–Crippen MR) is 155 cm³/mol. The van der Waals surface area contributed by atoms with Gasteiger partial charge in [-0.25, -0.2) is 9.97 Å². The molecule has 0 bridgehead atoms. The Hall–Kier alpha value is -1.84. The predicted octanol–water partition coefficient (Wildman–Crippen LogP) is -1.83. The number of hydrogen-bond donors (Lipinski definition) is 4. The highest BCUT2D eigenvalue weighted by Gasteiger charge is 2.54. The van der Waals surface area contributed by atoms with E-state index in [4.69, 9.17) is 9.97 Å². The molecule has 41 heavy (non-hydrogen) atoms. The van der Waals surface area contributed by atoms with Crippen LogP contribution in [0.2, 0.25) is 0 Å². The highest BCUT2D eigenvalue weighted by Crippen LogP contribution is 2.42. The Morgan fingerprint density at radius 2 is 0.976 bits per heavy atom. The van der Waals surface area contributed by atoms with Gasteiger partial charge in [0.25, 0.3) is 0 Å². The number of quaternary nitrogens is 4. The summed E-state index contributed by atoms with van der Waals surface area (Å²) in [4.78, 5) is 22.4. The molecule has 13 nitrogen and oxygen atoms in total. The third-order valence-corrected chi connectivity index (χ3v) is 12.3. The van der Waals surface area contributed by atoms with E-state index in [9.17, 15) is 10.1 Å². The van der Waals surface area contributed by atoms with Gasteiger partial charge in [0.1, 0.15) is 58.7 Å².